The first-order valence-electron chi connectivity index (χ1n) is 8.16. The molecule has 0 unspecified atom stereocenters. The molecule has 0 aromatic heterocycles. The summed E-state index contributed by atoms with van der Waals surface area (Å²) < 4.78 is 15.8. The molecule has 1 aromatic rings. The maximum Gasteiger partial charge on any atom is 0.310 e. The molecule has 0 saturated heterocycles. The molecule has 0 fully saturated rings. The van der Waals surface area contributed by atoms with Gasteiger partial charge in [0.2, 0.25) is 0 Å². The molecule has 134 valence electrons. The number of esters is 2. The number of hydrogen-bond donors (Lipinski definition) is 0. The minimum absolute atomic E-state index is 0.0139. The van der Waals surface area contributed by atoms with Crippen molar-refractivity contribution in [1.82, 2.24) is 0 Å². The molecule has 0 aliphatic rings. The summed E-state index contributed by atoms with van der Waals surface area (Å²) in [5.41, 5.74) is 0.322. The lowest BCUT2D eigenvalue weighted by molar-refractivity contribution is -0.163. The standard InChI is InChI=1S/C19H28O5/c1-13(2)23-18(21)15(12-17(20)24-19(3,4)5)10-14-8-7-9-16(11-14)22-6/h7-9,11,13,15H,10,12H2,1-6H3/t15-/m0/s1. The zero-order chi connectivity index (χ0) is 18.3. The van der Waals surface area contributed by atoms with E-state index in [-0.39, 0.29) is 12.5 Å². The summed E-state index contributed by atoms with van der Waals surface area (Å²) >= 11 is 0. The van der Waals surface area contributed by atoms with E-state index in [9.17, 15) is 9.59 Å². The summed E-state index contributed by atoms with van der Waals surface area (Å²) in [6, 6.07) is 7.43. The summed E-state index contributed by atoms with van der Waals surface area (Å²) in [7, 11) is 1.59. The first-order chi connectivity index (χ1) is 11.1. The fourth-order valence-corrected chi connectivity index (χ4v) is 2.24. The van der Waals surface area contributed by atoms with E-state index in [2.05, 4.69) is 0 Å². The van der Waals surface area contributed by atoms with Crippen LogP contribution in [0.2, 0.25) is 0 Å². The second-order valence-corrected chi connectivity index (χ2v) is 7.03. The van der Waals surface area contributed by atoms with Gasteiger partial charge in [0.15, 0.2) is 0 Å². The molecule has 1 aromatic carbocycles. The molecule has 0 heterocycles. The van der Waals surface area contributed by atoms with E-state index in [4.69, 9.17) is 14.2 Å². The van der Waals surface area contributed by atoms with E-state index in [1.165, 1.54) is 0 Å². The van der Waals surface area contributed by atoms with Crippen molar-refractivity contribution < 1.29 is 23.8 Å². The third-order valence-corrected chi connectivity index (χ3v) is 3.13. The average molecular weight is 336 g/mol. The average Bonchev–Trinajstić information content (AvgIpc) is 2.44. The van der Waals surface area contributed by atoms with Crippen LogP contribution in [0.15, 0.2) is 24.3 Å². The molecule has 0 N–H and O–H groups in total. The minimum atomic E-state index is -0.589. The molecule has 5 heteroatoms. The topological polar surface area (TPSA) is 61.8 Å². The Bertz CT molecular complexity index is 557. The Hall–Kier alpha value is -2.04. The first kappa shape index (κ1) is 20.0. The molecule has 0 spiro atoms. The van der Waals surface area contributed by atoms with Gasteiger partial charge in [-0.1, -0.05) is 12.1 Å². The second kappa shape index (κ2) is 8.71. The van der Waals surface area contributed by atoms with E-state index in [0.29, 0.717) is 12.2 Å². The lowest BCUT2D eigenvalue weighted by Gasteiger charge is -2.22. The van der Waals surface area contributed by atoms with Crippen molar-refractivity contribution in [2.24, 2.45) is 5.92 Å². The molecule has 0 amide bonds. The highest BCUT2D eigenvalue weighted by Crippen LogP contribution is 2.21. The van der Waals surface area contributed by atoms with Crippen molar-refractivity contribution >= 4 is 11.9 Å². The number of methoxy groups -OCH3 is 1. The summed E-state index contributed by atoms with van der Waals surface area (Å²) in [4.78, 5) is 24.5. The predicted octanol–water partition coefficient (Wildman–Crippen LogP) is 3.54. The van der Waals surface area contributed by atoms with Gasteiger partial charge in [-0.05, 0) is 58.7 Å². The molecular formula is C19H28O5. The molecule has 1 rings (SSSR count). The largest absolute Gasteiger partial charge is 0.497 e. The quantitative estimate of drug-likeness (QED) is 0.713. The SMILES string of the molecule is COc1cccc(C[C@@H](CC(=O)OC(C)(C)C)C(=O)OC(C)C)c1. The highest BCUT2D eigenvalue weighted by Gasteiger charge is 2.27. The molecule has 0 radical (unpaired) electrons. The van der Waals surface area contributed by atoms with Crippen LogP contribution in [0.25, 0.3) is 0 Å². The van der Waals surface area contributed by atoms with E-state index < -0.39 is 23.5 Å². The van der Waals surface area contributed by atoms with Crippen LogP contribution in [0.3, 0.4) is 0 Å². The van der Waals surface area contributed by atoms with Gasteiger partial charge in [0.25, 0.3) is 0 Å². The number of carbonyl (C=O) groups is 2. The fourth-order valence-electron chi connectivity index (χ4n) is 2.24. The van der Waals surface area contributed by atoms with Gasteiger partial charge in [-0.25, -0.2) is 0 Å². The van der Waals surface area contributed by atoms with Gasteiger partial charge in [-0.15, -0.1) is 0 Å². The first-order valence-corrected chi connectivity index (χ1v) is 8.16. The summed E-state index contributed by atoms with van der Waals surface area (Å²) in [5.74, 6) is -0.676. The zero-order valence-corrected chi connectivity index (χ0v) is 15.4. The number of rotatable bonds is 7. The van der Waals surface area contributed by atoms with Crippen LogP contribution in [0.1, 0.15) is 46.6 Å². The highest BCUT2D eigenvalue weighted by atomic mass is 16.6. The number of carbonyl (C=O) groups excluding carboxylic acids is 2. The molecule has 0 aliphatic carbocycles. The molecule has 0 saturated carbocycles. The van der Waals surface area contributed by atoms with Crippen LogP contribution in [0.5, 0.6) is 5.75 Å². The van der Waals surface area contributed by atoms with Crippen LogP contribution in [0, 0.1) is 5.92 Å². The lowest BCUT2D eigenvalue weighted by Crippen LogP contribution is -2.30. The second-order valence-electron chi connectivity index (χ2n) is 7.03. The predicted molar refractivity (Wildman–Crippen MR) is 91.9 cm³/mol. The third kappa shape index (κ3) is 7.49. The van der Waals surface area contributed by atoms with E-state index in [1.54, 1.807) is 41.7 Å². The molecule has 5 nitrogen and oxygen atoms in total. The van der Waals surface area contributed by atoms with Crippen molar-refractivity contribution in [3.63, 3.8) is 0 Å². The summed E-state index contributed by atoms with van der Waals surface area (Å²) in [6.45, 7) is 8.97. The Morgan fingerprint density at radius 3 is 2.38 bits per heavy atom. The smallest absolute Gasteiger partial charge is 0.310 e. The highest BCUT2D eigenvalue weighted by molar-refractivity contribution is 5.80. The van der Waals surface area contributed by atoms with Gasteiger partial charge in [0.05, 0.1) is 25.6 Å². The van der Waals surface area contributed by atoms with Crippen LogP contribution >= 0.6 is 0 Å². The maximum atomic E-state index is 12.4. The summed E-state index contributed by atoms with van der Waals surface area (Å²) in [5, 5.41) is 0. The lowest BCUT2D eigenvalue weighted by atomic mass is 9.96. The summed E-state index contributed by atoms with van der Waals surface area (Å²) in [6.07, 6.45) is 0.145. The number of ether oxygens (including phenoxy) is 3. The third-order valence-electron chi connectivity index (χ3n) is 3.13. The van der Waals surface area contributed by atoms with Gasteiger partial charge < -0.3 is 14.2 Å². The van der Waals surface area contributed by atoms with Crippen molar-refractivity contribution in [2.45, 2.75) is 59.2 Å². The fraction of sp³-hybridized carbons (Fsp3) is 0.579. The maximum absolute atomic E-state index is 12.4. The Balaban J connectivity index is 2.88. The number of hydrogen-bond acceptors (Lipinski definition) is 5. The Kier molecular flexibility index (Phi) is 7.26. The van der Waals surface area contributed by atoms with Gasteiger partial charge in [0.1, 0.15) is 11.4 Å². The molecule has 0 aliphatic heterocycles. The van der Waals surface area contributed by atoms with Crippen molar-refractivity contribution in [3.8, 4) is 5.75 Å². The number of benzene rings is 1. The Labute approximate surface area is 144 Å². The Morgan fingerprint density at radius 2 is 1.83 bits per heavy atom. The van der Waals surface area contributed by atoms with Crippen LogP contribution < -0.4 is 4.74 Å². The van der Waals surface area contributed by atoms with E-state index in [0.717, 1.165) is 5.56 Å². The molecule has 24 heavy (non-hydrogen) atoms. The minimum Gasteiger partial charge on any atom is -0.497 e. The van der Waals surface area contributed by atoms with E-state index in [1.807, 2.05) is 24.3 Å². The van der Waals surface area contributed by atoms with Gasteiger partial charge in [-0.3, -0.25) is 9.59 Å². The van der Waals surface area contributed by atoms with Gasteiger partial charge >= 0.3 is 11.9 Å². The zero-order valence-electron chi connectivity index (χ0n) is 15.4. The molecule has 0 bridgehead atoms. The van der Waals surface area contributed by atoms with Gasteiger partial charge in [0, 0.05) is 0 Å². The van der Waals surface area contributed by atoms with Crippen LogP contribution in [-0.4, -0.2) is 30.8 Å². The molecule has 1 atom stereocenters. The normalized spacial score (nSPS) is 12.6. The van der Waals surface area contributed by atoms with E-state index >= 15 is 0 Å². The monoisotopic (exact) mass is 336 g/mol. The van der Waals surface area contributed by atoms with Crippen molar-refractivity contribution in [3.05, 3.63) is 29.8 Å². The van der Waals surface area contributed by atoms with Crippen molar-refractivity contribution in [1.29, 1.82) is 0 Å². The van der Waals surface area contributed by atoms with Crippen LogP contribution in [0.4, 0.5) is 0 Å². The molecular weight excluding hydrogens is 308 g/mol. The Morgan fingerprint density at radius 1 is 1.17 bits per heavy atom. The van der Waals surface area contributed by atoms with Crippen molar-refractivity contribution in [2.75, 3.05) is 7.11 Å². The van der Waals surface area contributed by atoms with Gasteiger partial charge in [-0.2, -0.15) is 0 Å². The van der Waals surface area contributed by atoms with Crippen LogP contribution in [-0.2, 0) is 25.5 Å².